The minimum atomic E-state index is 0.718. The molecule has 0 atom stereocenters. The second-order valence-electron chi connectivity index (χ2n) is 3.99. The number of benzene rings is 2. The molecule has 0 aliphatic carbocycles. The molecule has 0 aromatic heterocycles. The number of aldehydes is 1. The van der Waals surface area contributed by atoms with Gasteiger partial charge in [-0.2, -0.15) is 0 Å². The van der Waals surface area contributed by atoms with Gasteiger partial charge in [0.25, 0.3) is 0 Å². The van der Waals surface area contributed by atoms with E-state index in [4.69, 9.17) is 0 Å². The van der Waals surface area contributed by atoms with E-state index in [0.717, 1.165) is 33.9 Å². The molecule has 0 saturated heterocycles. The van der Waals surface area contributed by atoms with Crippen LogP contribution in [0.2, 0.25) is 0 Å². The molecule has 0 aliphatic rings. The second-order valence-corrected chi connectivity index (χ2v) is 4.55. The zero-order chi connectivity index (χ0) is 14.1. The van der Waals surface area contributed by atoms with E-state index in [2.05, 4.69) is 26.7 Å². The van der Waals surface area contributed by atoms with E-state index in [9.17, 15) is 4.79 Å². The molecule has 0 radical (unpaired) electrons. The lowest BCUT2D eigenvalue weighted by molar-refractivity contribution is 0.112. The number of alkyl halides is 1. The molecule has 0 aliphatic heterocycles. The number of hydrogen-bond donors (Lipinski definition) is 0. The predicted molar refractivity (Wildman–Crippen MR) is 82.8 cm³/mol. The average Bonchev–Trinajstić information content (AvgIpc) is 2.48. The zero-order valence-electron chi connectivity index (χ0n) is 11.1. The summed E-state index contributed by atoms with van der Waals surface area (Å²) >= 11 is 3.41. The maximum atomic E-state index is 10.8. The molecule has 0 amide bonds. The fourth-order valence-corrected chi connectivity index (χ4v) is 1.98. The van der Waals surface area contributed by atoms with Crippen LogP contribution in [-0.4, -0.2) is 20.5 Å². The van der Waals surface area contributed by atoms with Crippen molar-refractivity contribution < 1.29 is 9.53 Å². The van der Waals surface area contributed by atoms with Crippen molar-refractivity contribution in [3.63, 3.8) is 0 Å². The van der Waals surface area contributed by atoms with Gasteiger partial charge in [-0.25, -0.2) is 0 Å². The minimum Gasteiger partial charge on any atom is -0.388 e. The fraction of sp³-hybridized carbons (Fsp3) is 0.188. The Morgan fingerprint density at radius 1 is 1.05 bits per heavy atom. The summed E-state index contributed by atoms with van der Waals surface area (Å²) in [6, 6.07) is 16.0. The van der Waals surface area contributed by atoms with E-state index in [1.54, 1.807) is 14.2 Å². The summed E-state index contributed by atoms with van der Waals surface area (Å²) in [4.78, 5) is 10.8. The molecule has 0 spiro atoms. The van der Waals surface area contributed by atoms with E-state index in [0.29, 0.717) is 0 Å². The van der Waals surface area contributed by atoms with Crippen molar-refractivity contribution in [2.75, 3.05) is 14.2 Å². The molecule has 3 heteroatoms. The first kappa shape index (κ1) is 15.6. The molecule has 0 fully saturated rings. The maximum absolute atomic E-state index is 10.8. The van der Waals surface area contributed by atoms with Gasteiger partial charge < -0.3 is 4.74 Å². The summed E-state index contributed by atoms with van der Waals surface area (Å²) < 4.78 is 4.25. The third kappa shape index (κ3) is 4.97. The van der Waals surface area contributed by atoms with Gasteiger partial charge in [0.15, 0.2) is 0 Å². The van der Waals surface area contributed by atoms with Crippen LogP contribution in [0.4, 0.5) is 0 Å². The summed E-state index contributed by atoms with van der Waals surface area (Å²) in [7, 11) is 3.25. The van der Waals surface area contributed by atoms with E-state index in [1.165, 1.54) is 0 Å². The lowest BCUT2D eigenvalue weighted by atomic mass is 10.0. The first-order chi connectivity index (χ1) is 9.24. The first-order valence-corrected chi connectivity index (χ1v) is 6.98. The van der Waals surface area contributed by atoms with Gasteiger partial charge in [-0.15, -0.1) is 0 Å². The number of carbonyl (C=O) groups excluding carboxylic acids is 1. The highest BCUT2D eigenvalue weighted by molar-refractivity contribution is 9.08. The van der Waals surface area contributed by atoms with Crippen LogP contribution >= 0.6 is 15.9 Å². The van der Waals surface area contributed by atoms with Crippen molar-refractivity contribution in [1.29, 1.82) is 0 Å². The number of methoxy groups -OCH3 is 1. The van der Waals surface area contributed by atoms with Crippen molar-refractivity contribution in [3.05, 3.63) is 59.7 Å². The Balaban J connectivity index is 0.000000550. The van der Waals surface area contributed by atoms with Gasteiger partial charge in [-0.3, -0.25) is 4.79 Å². The Hall–Kier alpha value is -1.45. The summed E-state index contributed by atoms with van der Waals surface area (Å²) in [6.45, 7) is 0. The predicted octanol–water partition coefficient (Wildman–Crippen LogP) is 4.32. The van der Waals surface area contributed by atoms with Crippen molar-refractivity contribution >= 4 is 22.2 Å². The number of halogens is 1. The van der Waals surface area contributed by atoms with Crippen LogP contribution in [0.3, 0.4) is 0 Å². The molecule has 0 unspecified atom stereocenters. The van der Waals surface area contributed by atoms with Crippen molar-refractivity contribution in [3.8, 4) is 11.1 Å². The Bertz CT molecular complexity index is 509. The van der Waals surface area contributed by atoms with Crippen molar-refractivity contribution in [1.82, 2.24) is 0 Å². The maximum Gasteiger partial charge on any atom is 0.150 e. The molecule has 0 saturated carbocycles. The van der Waals surface area contributed by atoms with E-state index in [1.807, 2.05) is 42.5 Å². The Morgan fingerprint density at radius 2 is 1.68 bits per heavy atom. The van der Waals surface area contributed by atoms with Gasteiger partial charge in [-0.05, 0) is 28.8 Å². The van der Waals surface area contributed by atoms with E-state index in [-0.39, 0.29) is 0 Å². The third-order valence-corrected chi connectivity index (χ3v) is 3.06. The molecular weight excluding hydrogens is 304 g/mol. The first-order valence-electron chi connectivity index (χ1n) is 5.85. The monoisotopic (exact) mass is 320 g/mol. The summed E-state index contributed by atoms with van der Waals surface area (Å²) in [5.74, 6) is 0. The van der Waals surface area contributed by atoms with E-state index < -0.39 is 0 Å². The topological polar surface area (TPSA) is 26.3 Å². The highest BCUT2D eigenvalue weighted by Crippen LogP contribution is 2.22. The quantitative estimate of drug-likeness (QED) is 0.621. The number of ether oxygens (including phenoxy) is 1. The van der Waals surface area contributed by atoms with Crippen molar-refractivity contribution in [2.45, 2.75) is 5.33 Å². The normalized spacial score (nSPS) is 9.42. The molecular formula is C16H17BrO2. The molecule has 2 rings (SSSR count). The largest absolute Gasteiger partial charge is 0.388 e. The van der Waals surface area contributed by atoms with Gasteiger partial charge in [0, 0.05) is 25.1 Å². The summed E-state index contributed by atoms with van der Waals surface area (Å²) in [5, 5.41) is 0.758. The molecule has 2 aromatic carbocycles. The van der Waals surface area contributed by atoms with Gasteiger partial charge in [0.2, 0.25) is 0 Å². The van der Waals surface area contributed by atoms with Gasteiger partial charge in [0.05, 0.1) is 0 Å². The van der Waals surface area contributed by atoms with Gasteiger partial charge in [-0.1, -0.05) is 52.3 Å². The summed E-state index contributed by atoms with van der Waals surface area (Å²) in [6.07, 6.45) is 0.888. The lowest BCUT2D eigenvalue weighted by Crippen LogP contribution is -1.87. The molecule has 100 valence electrons. The average molecular weight is 321 g/mol. The molecule has 0 heterocycles. The molecule has 19 heavy (non-hydrogen) atoms. The number of carbonyl (C=O) groups is 1. The Morgan fingerprint density at radius 3 is 2.21 bits per heavy atom. The Labute approximate surface area is 122 Å². The van der Waals surface area contributed by atoms with Gasteiger partial charge in [0.1, 0.15) is 6.29 Å². The zero-order valence-corrected chi connectivity index (χ0v) is 12.7. The number of hydrogen-bond acceptors (Lipinski definition) is 2. The summed E-state index contributed by atoms with van der Waals surface area (Å²) in [5.41, 5.74) is 4.05. The van der Waals surface area contributed by atoms with Gasteiger partial charge >= 0.3 is 0 Å². The highest BCUT2D eigenvalue weighted by Gasteiger charge is 2.01. The molecule has 0 bridgehead atoms. The minimum absolute atomic E-state index is 0.718. The van der Waals surface area contributed by atoms with Crippen LogP contribution in [0.15, 0.2) is 48.5 Å². The molecule has 2 nitrogen and oxygen atoms in total. The fourth-order valence-electron chi connectivity index (χ4n) is 1.66. The standard InChI is InChI=1S/C14H11BrO.C2H6O/c15-9-11-6-12(10-16)8-14(7-11)13-4-2-1-3-5-13;1-3-2/h1-8,10H,9H2;1-2H3. The van der Waals surface area contributed by atoms with E-state index >= 15 is 0 Å². The highest BCUT2D eigenvalue weighted by atomic mass is 79.9. The smallest absolute Gasteiger partial charge is 0.150 e. The van der Waals surface area contributed by atoms with Crippen molar-refractivity contribution in [2.24, 2.45) is 0 Å². The molecule has 2 aromatic rings. The van der Waals surface area contributed by atoms with Crippen LogP contribution in [-0.2, 0) is 10.1 Å². The van der Waals surface area contributed by atoms with Crippen LogP contribution in [0, 0.1) is 0 Å². The Kier molecular flexibility index (Phi) is 7.08. The molecule has 0 N–H and O–H groups in total. The van der Waals surface area contributed by atoms with Crippen LogP contribution < -0.4 is 0 Å². The lowest BCUT2D eigenvalue weighted by Gasteiger charge is -2.05. The second kappa shape index (κ2) is 8.62. The third-order valence-electron chi connectivity index (χ3n) is 2.41. The van der Waals surface area contributed by atoms with Crippen LogP contribution in [0.25, 0.3) is 11.1 Å². The SMILES string of the molecule is COC.O=Cc1cc(CBr)cc(-c2ccccc2)c1. The van der Waals surface area contributed by atoms with Crippen LogP contribution in [0.5, 0.6) is 0 Å². The van der Waals surface area contributed by atoms with Crippen LogP contribution in [0.1, 0.15) is 15.9 Å². The number of rotatable bonds is 3.